The van der Waals surface area contributed by atoms with Crippen molar-refractivity contribution in [1.29, 1.82) is 0 Å². The minimum atomic E-state index is -0.0737. The van der Waals surface area contributed by atoms with Gasteiger partial charge in [0, 0.05) is 18.0 Å². The maximum absolute atomic E-state index is 5.59. The van der Waals surface area contributed by atoms with Gasteiger partial charge in [-0.25, -0.2) is 4.98 Å². The van der Waals surface area contributed by atoms with Crippen LogP contribution in [-0.2, 0) is 5.41 Å². The summed E-state index contributed by atoms with van der Waals surface area (Å²) in [6.45, 7) is 12.0. The first-order chi connectivity index (χ1) is 7.97. The molecule has 1 rings (SSSR count). The van der Waals surface area contributed by atoms with Crippen molar-refractivity contribution in [2.45, 2.75) is 46.5 Å². The lowest BCUT2D eigenvalue weighted by atomic mass is 9.96. The van der Waals surface area contributed by atoms with Crippen LogP contribution in [0.5, 0.6) is 5.88 Å². The van der Waals surface area contributed by atoms with E-state index in [1.54, 1.807) is 0 Å². The van der Waals surface area contributed by atoms with Crippen molar-refractivity contribution in [2.24, 2.45) is 0 Å². The van der Waals surface area contributed by atoms with Crippen LogP contribution in [0.15, 0.2) is 6.07 Å². The van der Waals surface area contributed by atoms with Gasteiger partial charge in [0.15, 0.2) is 0 Å². The van der Waals surface area contributed by atoms with Crippen molar-refractivity contribution in [3.63, 3.8) is 0 Å². The number of rotatable bonds is 5. The van der Waals surface area contributed by atoms with Crippen LogP contribution in [-0.4, -0.2) is 23.1 Å². The molecule has 0 saturated heterocycles. The molecule has 0 aromatic carbocycles. The van der Waals surface area contributed by atoms with Crippen LogP contribution in [0.1, 0.15) is 46.9 Å². The molecule has 0 aliphatic rings. The molecule has 1 heterocycles. The van der Waals surface area contributed by atoms with E-state index >= 15 is 0 Å². The van der Waals surface area contributed by atoms with Crippen LogP contribution >= 0.6 is 0 Å². The first-order valence-corrected chi connectivity index (χ1v) is 6.23. The number of hydrogen-bond acceptors (Lipinski definition) is 4. The third-order valence-electron chi connectivity index (χ3n) is 2.19. The zero-order valence-electron chi connectivity index (χ0n) is 11.5. The summed E-state index contributed by atoms with van der Waals surface area (Å²) in [5, 5.41) is 3.21. The third kappa shape index (κ3) is 4.21. The van der Waals surface area contributed by atoms with Gasteiger partial charge in [-0.1, -0.05) is 27.7 Å². The molecular formula is C13H23N3O. The molecule has 0 aliphatic heterocycles. The van der Waals surface area contributed by atoms with Crippen molar-refractivity contribution in [1.82, 2.24) is 9.97 Å². The summed E-state index contributed by atoms with van der Waals surface area (Å²) in [7, 11) is 0. The summed E-state index contributed by atoms with van der Waals surface area (Å²) in [6.07, 6.45) is 0.978. The Morgan fingerprint density at radius 3 is 2.47 bits per heavy atom. The smallest absolute Gasteiger partial charge is 0.218 e. The van der Waals surface area contributed by atoms with Crippen molar-refractivity contribution >= 4 is 5.82 Å². The Bertz CT molecular complexity index is 358. The fourth-order valence-electron chi connectivity index (χ4n) is 1.31. The maximum Gasteiger partial charge on any atom is 0.218 e. The van der Waals surface area contributed by atoms with Crippen LogP contribution in [0.2, 0.25) is 0 Å². The van der Waals surface area contributed by atoms with Crippen molar-refractivity contribution < 1.29 is 4.74 Å². The minimum Gasteiger partial charge on any atom is -0.478 e. The lowest BCUT2D eigenvalue weighted by Crippen LogP contribution is -2.18. The second-order valence-electron chi connectivity index (χ2n) is 5.04. The van der Waals surface area contributed by atoms with Gasteiger partial charge in [0.2, 0.25) is 5.88 Å². The van der Waals surface area contributed by atoms with E-state index in [4.69, 9.17) is 4.74 Å². The molecule has 17 heavy (non-hydrogen) atoms. The van der Waals surface area contributed by atoms with Crippen LogP contribution in [0, 0.1) is 0 Å². The van der Waals surface area contributed by atoms with Gasteiger partial charge in [-0.2, -0.15) is 4.98 Å². The SMILES string of the molecule is CCCOc1cc(NCC)nc(C(C)(C)C)n1. The van der Waals surface area contributed by atoms with Crippen molar-refractivity contribution in [3.05, 3.63) is 11.9 Å². The largest absolute Gasteiger partial charge is 0.478 e. The summed E-state index contributed by atoms with van der Waals surface area (Å²) in [5.41, 5.74) is -0.0737. The Hall–Kier alpha value is -1.32. The highest BCUT2D eigenvalue weighted by molar-refractivity contribution is 5.39. The van der Waals surface area contributed by atoms with Crippen LogP contribution < -0.4 is 10.1 Å². The molecule has 4 nitrogen and oxygen atoms in total. The molecule has 0 aliphatic carbocycles. The summed E-state index contributed by atoms with van der Waals surface area (Å²) < 4.78 is 5.59. The van der Waals surface area contributed by atoms with E-state index in [0.29, 0.717) is 12.5 Å². The van der Waals surface area contributed by atoms with E-state index in [9.17, 15) is 0 Å². The normalized spacial score (nSPS) is 11.4. The van der Waals surface area contributed by atoms with E-state index < -0.39 is 0 Å². The fourth-order valence-corrected chi connectivity index (χ4v) is 1.31. The Kier molecular flexibility index (Phi) is 4.73. The highest BCUT2D eigenvalue weighted by atomic mass is 16.5. The van der Waals surface area contributed by atoms with Crippen molar-refractivity contribution in [3.8, 4) is 5.88 Å². The average Bonchev–Trinajstić information content (AvgIpc) is 2.25. The van der Waals surface area contributed by atoms with Gasteiger partial charge in [0.05, 0.1) is 6.61 Å². The summed E-state index contributed by atoms with van der Waals surface area (Å²) in [4.78, 5) is 8.95. The topological polar surface area (TPSA) is 47.0 Å². The van der Waals surface area contributed by atoms with Crippen LogP contribution in [0.3, 0.4) is 0 Å². The standard InChI is InChI=1S/C13H23N3O/c1-6-8-17-11-9-10(14-7-2)15-12(16-11)13(3,4)5/h9H,6-8H2,1-5H3,(H,14,15,16). The number of nitrogens with one attached hydrogen (secondary N) is 1. The Morgan fingerprint density at radius 2 is 1.94 bits per heavy atom. The predicted molar refractivity (Wildman–Crippen MR) is 70.7 cm³/mol. The first-order valence-electron chi connectivity index (χ1n) is 6.23. The maximum atomic E-state index is 5.59. The number of anilines is 1. The third-order valence-corrected chi connectivity index (χ3v) is 2.19. The van der Waals surface area contributed by atoms with Crippen LogP contribution in [0.25, 0.3) is 0 Å². The fraction of sp³-hybridized carbons (Fsp3) is 0.692. The van der Waals surface area contributed by atoms with Crippen LogP contribution in [0.4, 0.5) is 5.82 Å². The molecule has 0 radical (unpaired) electrons. The first kappa shape index (κ1) is 13.7. The molecule has 1 N–H and O–H groups in total. The molecule has 0 bridgehead atoms. The number of hydrogen-bond donors (Lipinski definition) is 1. The molecule has 0 atom stereocenters. The molecule has 96 valence electrons. The predicted octanol–water partition coefficient (Wildman–Crippen LogP) is 2.99. The van der Waals surface area contributed by atoms with E-state index in [2.05, 4.69) is 43.0 Å². The Labute approximate surface area is 104 Å². The number of aromatic nitrogens is 2. The number of nitrogens with zero attached hydrogens (tertiary/aromatic N) is 2. The molecular weight excluding hydrogens is 214 g/mol. The van der Waals surface area contributed by atoms with Gasteiger partial charge in [0.1, 0.15) is 11.6 Å². The Balaban J connectivity index is 3.01. The van der Waals surface area contributed by atoms with E-state index in [1.165, 1.54) is 0 Å². The lowest BCUT2D eigenvalue weighted by molar-refractivity contribution is 0.301. The molecule has 0 saturated carbocycles. The zero-order chi connectivity index (χ0) is 12.9. The Morgan fingerprint density at radius 1 is 1.24 bits per heavy atom. The van der Waals surface area contributed by atoms with Gasteiger partial charge in [-0.15, -0.1) is 0 Å². The number of ether oxygens (including phenoxy) is 1. The van der Waals surface area contributed by atoms with Gasteiger partial charge in [0.25, 0.3) is 0 Å². The summed E-state index contributed by atoms with van der Waals surface area (Å²) >= 11 is 0. The molecule has 0 amide bonds. The molecule has 0 fully saturated rings. The second-order valence-corrected chi connectivity index (χ2v) is 5.04. The second kappa shape index (κ2) is 5.84. The van der Waals surface area contributed by atoms with Crippen molar-refractivity contribution in [2.75, 3.05) is 18.5 Å². The molecule has 1 aromatic heterocycles. The molecule has 4 heteroatoms. The summed E-state index contributed by atoms with van der Waals surface area (Å²) in [6, 6.07) is 1.86. The zero-order valence-corrected chi connectivity index (χ0v) is 11.5. The molecule has 0 unspecified atom stereocenters. The van der Waals surface area contributed by atoms with E-state index in [1.807, 2.05) is 13.0 Å². The molecule has 0 spiro atoms. The lowest BCUT2D eigenvalue weighted by Gasteiger charge is -2.18. The monoisotopic (exact) mass is 237 g/mol. The van der Waals surface area contributed by atoms with E-state index in [0.717, 1.165) is 24.6 Å². The van der Waals surface area contributed by atoms with Gasteiger partial charge in [-0.05, 0) is 13.3 Å². The highest BCUT2D eigenvalue weighted by Gasteiger charge is 2.19. The van der Waals surface area contributed by atoms with Gasteiger partial charge < -0.3 is 10.1 Å². The highest BCUT2D eigenvalue weighted by Crippen LogP contribution is 2.23. The van der Waals surface area contributed by atoms with E-state index in [-0.39, 0.29) is 5.41 Å². The van der Waals surface area contributed by atoms with Gasteiger partial charge >= 0.3 is 0 Å². The summed E-state index contributed by atoms with van der Waals surface area (Å²) in [5.74, 6) is 2.29. The quantitative estimate of drug-likeness (QED) is 0.855. The molecule has 1 aromatic rings. The minimum absolute atomic E-state index is 0.0737. The average molecular weight is 237 g/mol. The van der Waals surface area contributed by atoms with Gasteiger partial charge in [-0.3, -0.25) is 0 Å².